The zero-order valence-electron chi connectivity index (χ0n) is 10.1. The Kier molecular flexibility index (Phi) is 4.92. The van der Waals surface area contributed by atoms with E-state index in [9.17, 15) is 13.6 Å². The summed E-state index contributed by atoms with van der Waals surface area (Å²) in [5.41, 5.74) is 0.429. The summed E-state index contributed by atoms with van der Waals surface area (Å²) >= 11 is 7.28. The molecule has 1 aromatic heterocycles. The van der Waals surface area contributed by atoms with Crippen LogP contribution in [0.2, 0.25) is 5.02 Å². The molecule has 2 rings (SSSR count). The van der Waals surface area contributed by atoms with Crippen LogP contribution in [0.25, 0.3) is 0 Å². The number of hydrogen-bond acceptors (Lipinski definition) is 3. The maximum atomic E-state index is 12.1. The highest BCUT2D eigenvalue weighted by atomic mass is 35.5. The maximum Gasteiger partial charge on any atom is 0.387 e. The molecule has 3 nitrogen and oxygen atoms in total. The normalized spacial score (nSPS) is 10.6. The largest absolute Gasteiger partial charge is 0.433 e. The molecule has 0 spiro atoms. The van der Waals surface area contributed by atoms with Gasteiger partial charge < -0.3 is 10.1 Å². The summed E-state index contributed by atoms with van der Waals surface area (Å²) in [6.07, 6.45) is 0.255. The fraction of sp³-hybridized carbons (Fsp3) is 0.154. The lowest BCUT2D eigenvalue weighted by Crippen LogP contribution is -2.13. The highest BCUT2D eigenvalue weighted by Gasteiger charge is 2.10. The van der Waals surface area contributed by atoms with Crippen LogP contribution in [0.1, 0.15) is 4.88 Å². The van der Waals surface area contributed by atoms with E-state index in [4.69, 9.17) is 11.6 Å². The summed E-state index contributed by atoms with van der Waals surface area (Å²) in [5, 5.41) is 4.54. The van der Waals surface area contributed by atoms with E-state index in [-0.39, 0.29) is 23.1 Å². The van der Waals surface area contributed by atoms with Gasteiger partial charge in [0.25, 0.3) is 0 Å². The van der Waals surface area contributed by atoms with Gasteiger partial charge in [-0.3, -0.25) is 4.79 Å². The molecular weight excluding hydrogens is 308 g/mol. The summed E-state index contributed by atoms with van der Waals surface area (Å²) < 4.78 is 28.4. The first-order valence-electron chi connectivity index (χ1n) is 5.61. The molecule has 2 aromatic rings. The van der Waals surface area contributed by atoms with E-state index in [0.717, 1.165) is 4.88 Å². The van der Waals surface area contributed by atoms with Gasteiger partial charge in [-0.15, -0.1) is 11.3 Å². The number of anilines is 1. The molecule has 1 amide bonds. The molecule has 0 saturated heterocycles. The van der Waals surface area contributed by atoms with Gasteiger partial charge in [-0.2, -0.15) is 8.78 Å². The van der Waals surface area contributed by atoms with Crippen molar-refractivity contribution in [3.05, 3.63) is 45.6 Å². The van der Waals surface area contributed by atoms with Crippen LogP contribution < -0.4 is 10.1 Å². The van der Waals surface area contributed by atoms with Crippen molar-refractivity contribution in [3.8, 4) is 5.75 Å². The second-order valence-corrected chi connectivity index (χ2v) is 5.27. The number of hydrogen-bond donors (Lipinski definition) is 1. The monoisotopic (exact) mass is 317 g/mol. The molecule has 0 aliphatic carbocycles. The van der Waals surface area contributed by atoms with Crippen molar-refractivity contribution in [3.63, 3.8) is 0 Å². The van der Waals surface area contributed by atoms with E-state index in [1.165, 1.54) is 29.5 Å². The van der Waals surface area contributed by atoms with Gasteiger partial charge in [0, 0.05) is 10.6 Å². The first-order chi connectivity index (χ1) is 9.54. The third-order valence-corrected chi connectivity index (χ3v) is 3.52. The highest BCUT2D eigenvalue weighted by molar-refractivity contribution is 7.10. The SMILES string of the molecule is O=C(Cc1cccs1)Nc1ccc(OC(F)F)c(Cl)c1. The molecule has 0 atom stereocenters. The Labute approximate surface area is 123 Å². The summed E-state index contributed by atoms with van der Waals surface area (Å²) in [4.78, 5) is 12.7. The van der Waals surface area contributed by atoms with Crippen LogP contribution in [-0.4, -0.2) is 12.5 Å². The third kappa shape index (κ3) is 4.18. The van der Waals surface area contributed by atoms with E-state index in [2.05, 4.69) is 10.1 Å². The molecule has 1 aromatic carbocycles. The van der Waals surface area contributed by atoms with Gasteiger partial charge in [-0.05, 0) is 29.6 Å². The number of nitrogens with one attached hydrogen (secondary N) is 1. The molecule has 1 heterocycles. The summed E-state index contributed by atoms with van der Waals surface area (Å²) in [6.45, 7) is -2.94. The second-order valence-electron chi connectivity index (χ2n) is 3.83. The molecule has 106 valence electrons. The molecule has 0 unspecified atom stereocenters. The van der Waals surface area contributed by atoms with Crippen LogP contribution in [0.3, 0.4) is 0 Å². The molecular formula is C13H10ClF2NO2S. The Hall–Kier alpha value is -1.66. The topological polar surface area (TPSA) is 38.3 Å². The fourth-order valence-corrected chi connectivity index (χ4v) is 2.48. The lowest BCUT2D eigenvalue weighted by Gasteiger charge is -2.09. The molecule has 0 fully saturated rings. The maximum absolute atomic E-state index is 12.1. The van der Waals surface area contributed by atoms with Crippen LogP contribution in [-0.2, 0) is 11.2 Å². The predicted octanol–water partition coefficient (Wildman–Crippen LogP) is 4.18. The summed E-state index contributed by atoms with van der Waals surface area (Å²) in [7, 11) is 0. The van der Waals surface area contributed by atoms with Gasteiger partial charge >= 0.3 is 6.61 Å². The molecule has 7 heteroatoms. The first kappa shape index (κ1) is 14.7. The smallest absolute Gasteiger partial charge is 0.387 e. The van der Waals surface area contributed by atoms with Crippen LogP contribution in [0.5, 0.6) is 5.75 Å². The zero-order chi connectivity index (χ0) is 14.5. The molecule has 0 aliphatic heterocycles. The number of rotatable bonds is 5. The molecule has 0 bridgehead atoms. The van der Waals surface area contributed by atoms with Gasteiger partial charge in [-0.25, -0.2) is 0 Å². The average Bonchev–Trinajstić information content (AvgIpc) is 2.85. The Bertz CT molecular complexity index is 590. The van der Waals surface area contributed by atoms with Crippen LogP contribution >= 0.6 is 22.9 Å². The van der Waals surface area contributed by atoms with Crippen LogP contribution in [0.15, 0.2) is 35.7 Å². The number of carbonyl (C=O) groups is 1. The number of halogens is 3. The molecule has 1 N–H and O–H groups in total. The zero-order valence-corrected chi connectivity index (χ0v) is 11.7. The van der Waals surface area contributed by atoms with E-state index in [0.29, 0.717) is 5.69 Å². The quantitative estimate of drug-likeness (QED) is 0.898. The van der Waals surface area contributed by atoms with Gasteiger partial charge in [0.15, 0.2) is 0 Å². The van der Waals surface area contributed by atoms with Gasteiger partial charge in [0.05, 0.1) is 11.4 Å². The van der Waals surface area contributed by atoms with Crippen LogP contribution in [0.4, 0.5) is 14.5 Å². The number of amides is 1. The van der Waals surface area contributed by atoms with Crippen molar-refractivity contribution in [2.75, 3.05) is 5.32 Å². The van der Waals surface area contributed by atoms with Crippen molar-refractivity contribution in [2.45, 2.75) is 13.0 Å². The van der Waals surface area contributed by atoms with Crippen molar-refractivity contribution >= 4 is 34.5 Å². The average molecular weight is 318 g/mol. The van der Waals surface area contributed by atoms with E-state index >= 15 is 0 Å². The molecule has 0 radical (unpaired) electrons. The van der Waals surface area contributed by atoms with Crippen molar-refractivity contribution in [1.82, 2.24) is 0 Å². The first-order valence-corrected chi connectivity index (χ1v) is 6.87. The van der Waals surface area contributed by atoms with Gasteiger partial charge in [0.2, 0.25) is 5.91 Å². The third-order valence-electron chi connectivity index (χ3n) is 2.35. The molecule has 0 saturated carbocycles. The van der Waals surface area contributed by atoms with E-state index in [1.807, 2.05) is 17.5 Å². The standard InChI is InChI=1S/C13H10ClF2NO2S/c14-10-6-8(3-4-11(10)19-13(15)16)17-12(18)7-9-2-1-5-20-9/h1-6,13H,7H2,(H,17,18). The fourth-order valence-electron chi connectivity index (χ4n) is 1.55. The van der Waals surface area contributed by atoms with Crippen LogP contribution in [0, 0.1) is 0 Å². The Balaban J connectivity index is 1.99. The van der Waals surface area contributed by atoms with Crippen molar-refractivity contribution < 1.29 is 18.3 Å². The van der Waals surface area contributed by atoms with Gasteiger partial charge in [-0.1, -0.05) is 17.7 Å². The second kappa shape index (κ2) is 6.67. The molecule has 0 aliphatic rings. The lowest BCUT2D eigenvalue weighted by molar-refractivity contribution is -0.115. The lowest BCUT2D eigenvalue weighted by atomic mass is 10.2. The summed E-state index contributed by atoms with van der Waals surface area (Å²) in [5.74, 6) is -0.330. The number of benzene rings is 1. The predicted molar refractivity (Wildman–Crippen MR) is 74.7 cm³/mol. The highest BCUT2D eigenvalue weighted by Crippen LogP contribution is 2.29. The Morgan fingerprint density at radius 1 is 1.40 bits per heavy atom. The number of alkyl halides is 2. The number of ether oxygens (including phenoxy) is 1. The van der Waals surface area contributed by atoms with Gasteiger partial charge in [0.1, 0.15) is 5.75 Å². The molecule has 20 heavy (non-hydrogen) atoms. The minimum atomic E-state index is -2.94. The minimum absolute atomic E-state index is 0.0132. The number of thiophene rings is 1. The summed E-state index contributed by atoms with van der Waals surface area (Å²) in [6, 6.07) is 7.83. The Morgan fingerprint density at radius 2 is 2.20 bits per heavy atom. The van der Waals surface area contributed by atoms with E-state index < -0.39 is 6.61 Å². The minimum Gasteiger partial charge on any atom is -0.433 e. The van der Waals surface area contributed by atoms with E-state index in [1.54, 1.807) is 0 Å². The van der Waals surface area contributed by atoms with Crippen molar-refractivity contribution in [1.29, 1.82) is 0 Å². The Morgan fingerprint density at radius 3 is 2.80 bits per heavy atom. The van der Waals surface area contributed by atoms with Crippen molar-refractivity contribution in [2.24, 2.45) is 0 Å². The number of carbonyl (C=O) groups excluding carboxylic acids is 1.